The van der Waals surface area contributed by atoms with Crippen LogP contribution in [0.5, 0.6) is 5.75 Å². The average Bonchev–Trinajstić information content (AvgIpc) is 3.12. The van der Waals surface area contributed by atoms with Crippen LogP contribution in [0.4, 0.5) is 11.4 Å². The number of carbonyl (C=O) groups excluding carboxylic acids is 2. The Hall–Kier alpha value is -2.68. The van der Waals surface area contributed by atoms with E-state index in [1.165, 1.54) is 24.2 Å². The number of thiocarbonyl (C=S) groups is 1. The van der Waals surface area contributed by atoms with Gasteiger partial charge in [0.25, 0.3) is 5.91 Å². The molecular formula is C30H34ClN3O4S. The van der Waals surface area contributed by atoms with Gasteiger partial charge in [0.2, 0.25) is 5.91 Å². The lowest BCUT2D eigenvalue weighted by atomic mass is 9.54. The molecule has 0 unspecified atom stereocenters. The zero-order valence-corrected chi connectivity index (χ0v) is 23.7. The molecule has 0 spiro atoms. The van der Waals surface area contributed by atoms with Crippen molar-refractivity contribution in [3.63, 3.8) is 0 Å². The molecule has 39 heavy (non-hydrogen) atoms. The van der Waals surface area contributed by atoms with Crippen molar-refractivity contribution in [3.8, 4) is 5.75 Å². The predicted molar refractivity (Wildman–Crippen MR) is 155 cm³/mol. The van der Waals surface area contributed by atoms with Crippen molar-refractivity contribution < 1.29 is 19.1 Å². The topological polar surface area (TPSA) is 71.1 Å². The molecule has 1 saturated heterocycles. The van der Waals surface area contributed by atoms with E-state index in [1.54, 1.807) is 55.6 Å². The van der Waals surface area contributed by atoms with Crippen LogP contribution in [0, 0.1) is 17.8 Å². The van der Waals surface area contributed by atoms with Crippen LogP contribution in [0.25, 0.3) is 0 Å². The molecule has 5 aliphatic rings. The van der Waals surface area contributed by atoms with Crippen LogP contribution in [-0.2, 0) is 14.3 Å². The number of nitrogens with zero attached hydrogens (tertiary/aromatic N) is 2. The standard InChI is InChI=1S/C30H34ClN3O4S/c1-37-25-8-4-23(5-9-25)32-27(35)15-26-28(36)34(24-6-2-22(31)3-7-24)29(39)33(26)10-11-38-30-16-19-12-20(17-30)14-21(13-19)18-30/h2-9,19-21,26H,10-18H2,1H3,(H,32,35)/t19?,20?,21?,26-,30?/m0/s1. The van der Waals surface area contributed by atoms with Gasteiger partial charge in [0.1, 0.15) is 11.8 Å². The SMILES string of the molecule is COc1ccc(NC(=O)C[C@H]2C(=O)N(c3ccc(Cl)cc3)C(=S)N2CCOC23CC4CC(CC(C4)C2)C3)cc1. The third-order valence-electron chi connectivity index (χ3n) is 8.88. The summed E-state index contributed by atoms with van der Waals surface area (Å²) in [5.41, 5.74) is 1.25. The van der Waals surface area contributed by atoms with E-state index < -0.39 is 6.04 Å². The molecule has 1 aliphatic heterocycles. The maximum atomic E-state index is 13.7. The van der Waals surface area contributed by atoms with Gasteiger partial charge in [-0.3, -0.25) is 14.5 Å². The fraction of sp³-hybridized carbons (Fsp3) is 0.500. The highest BCUT2D eigenvalue weighted by molar-refractivity contribution is 7.80. The van der Waals surface area contributed by atoms with Gasteiger partial charge in [-0.15, -0.1) is 0 Å². The van der Waals surface area contributed by atoms with E-state index in [4.69, 9.17) is 33.3 Å². The molecule has 1 N–H and O–H groups in total. The molecule has 2 aromatic rings. The first kappa shape index (κ1) is 26.5. The maximum absolute atomic E-state index is 13.7. The van der Waals surface area contributed by atoms with Gasteiger partial charge in [-0.25, -0.2) is 0 Å². The second-order valence-electron chi connectivity index (χ2n) is 11.6. The number of rotatable bonds is 9. The summed E-state index contributed by atoms with van der Waals surface area (Å²) in [7, 11) is 1.59. The van der Waals surface area contributed by atoms with Crippen molar-refractivity contribution in [1.29, 1.82) is 0 Å². The molecule has 0 aromatic heterocycles. The lowest BCUT2D eigenvalue weighted by Crippen LogP contribution is -2.52. The minimum Gasteiger partial charge on any atom is -0.497 e. The first-order valence-electron chi connectivity index (χ1n) is 13.8. The Bertz CT molecular complexity index is 1220. The van der Waals surface area contributed by atoms with Gasteiger partial charge < -0.3 is 19.7 Å². The number of benzene rings is 2. The van der Waals surface area contributed by atoms with Gasteiger partial charge in [-0.1, -0.05) is 11.6 Å². The van der Waals surface area contributed by atoms with Gasteiger partial charge in [0, 0.05) is 17.3 Å². The summed E-state index contributed by atoms with van der Waals surface area (Å²) in [4.78, 5) is 30.2. The van der Waals surface area contributed by atoms with Crippen LogP contribution >= 0.6 is 23.8 Å². The quantitative estimate of drug-likeness (QED) is 0.394. The number of ether oxygens (including phenoxy) is 2. The van der Waals surface area contributed by atoms with Gasteiger partial charge in [-0.05, 0) is 117 Å². The Balaban J connectivity index is 1.16. The van der Waals surface area contributed by atoms with E-state index >= 15 is 0 Å². The second-order valence-corrected chi connectivity index (χ2v) is 12.4. The van der Waals surface area contributed by atoms with E-state index in [1.807, 2.05) is 4.90 Å². The predicted octanol–water partition coefficient (Wildman–Crippen LogP) is 5.66. The van der Waals surface area contributed by atoms with E-state index in [0.717, 1.165) is 37.0 Å². The van der Waals surface area contributed by atoms with Crippen molar-refractivity contribution >= 4 is 52.1 Å². The molecule has 2 aromatic carbocycles. The molecule has 7 rings (SSSR count). The average molecular weight is 568 g/mol. The highest BCUT2D eigenvalue weighted by atomic mass is 35.5. The molecule has 4 bridgehead atoms. The summed E-state index contributed by atoms with van der Waals surface area (Å²) < 4.78 is 11.8. The summed E-state index contributed by atoms with van der Waals surface area (Å²) in [6, 6.07) is 13.4. The smallest absolute Gasteiger partial charge is 0.256 e. The van der Waals surface area contributed by atoms with Crippen LogP contribution in [0.3, 0.4) is 0 Å². The monoisotopic (exact) mass is 567 g/mol. The summed E-state index contributed by atoms with van der Waals surface area (Å²) >= 11 is 11.9. The zero-order chi connectivity index (χ0) is 27.1. The number of nitrogens with one attached hydrogen (secondary N) is 1. The van der Waals surface area contributed by atoms with Gasteiger partial charge in [0.05, 0.1) is 31.4 Å². The highest BCUT2D eigenvalue weighted by Crippen LogP contribution is 2.57. The lowest BCUT2D eigenvalue weighted by Gasteiger charge is -2.56. The van der Waals surface area contributed by atoms with Crippen LogP contribution in [0.15, 0.2) is 48.5 Å². The Labute approximate surface area is 239 Å². The second kappa shape index (κ2) is 10.7. The number of amides is 2. The minimum atomic E-state index is -0.716. The zero-order valence-electron chi connectivity index (χ0n) is 22.1. The van der Waals surface area contributed by atoms with Gasteiger partial charge >= 0.3 is 0 Å². The molecule has 1 heterocycles. The Morgan fingerprint density at radius 1 is 1.03 bits per heavy atom. The summed E-state index contributed by atoms with van der Waals surface area (Å²) in [6.45, 7) is 0.932. The molecule has 2 amide bonds. The van der Waals surface area contributed by atoms with E-state index in [9.17, 15) is 9.59 Å². The van der Waals surface area contributed by atoms with E-state index in [0.29, 0.717) is 40.4 Å². The van der Waals surface area contributed by atoms with Crippen LogP contribution in [0.2, 0.25) is 5.02 Å². The molecule has 1 atom stereocenters. The summed E-state index contributed by atoms with van der Waals surface area (Å²) in [5, 5.41) is 3.86. The molecule has 206 valence electrons. The van der Waals surface area contributed by atoms with E-state index in [-0.39, 0.29) is 23.8 Å². The molecule has 9 heteroatoms. The van der Waals surface area contributed by atoms with Crippen LogP contribution in [-0.4, -0.2) is 53.7 Å². The number of halogens is 1. The first-order chi connectivity index (χ1) is 18.8. The van der Waals surface area contributed by atoms with Crippen molar-refractivity contribution in [3.05, 3.63) is 53.6 Å². The minimum absolute atomic E-state index is 0.0214. The Morgan fingerprint density at radius 3 is 2.23 bits per heavy atom. The molecule has 0 radical (unpaired) electrons. The number of hydrogen-bond donors (Lipinski definition) is 1. The Morgan fingerprint density at radius 2 is 1.64 bits per heavy atom. The number of anilines is 2. The van der Waals surface area contributed by atoms with Gasteiger partial charge in [0.15, 0.2) is 5.11 Å². The number of carbonyl (C=O) groups is 2. The molecule has 4 saturated carbocycles. The number of hydrogen-bond acceptors (Lipinski definition) is 5. The summed E-state index contributed by atoms with van der Waals surface area (Å²) in [6.07, 6.45) is 7.48. The van der Waals surface area contributed by atoms with Crippen molar-refractivity contribution in [2.45, 2.75) is 56.6 Å². The molecule has 5 fully saturated rings. The number of methoxy groups -OCH3 is 1. The lowest BCUT2D eigenvalue weighted by molar-refractivity contribution is -0.163. The fourth-order valence-electron chi connectivity index (χ4n) is 7.55. The van der Waals surface area contributed by atoms with Crippen molar-refractivity contribution in [1.82, 2.24) is 4.90 Å². The van der Waals surface area contributed by atoms with E-state index in [2.05, 4.69) is 5.32 Å². The van der Waals surface area contributed by atoms with Crippen molar-refractivity contribution in [2.75, 3.05) is 30.5 Å². The van der Waals surface area contributed by atoms with Crippen LogP contribution in [0.1, 0.15) is 44.9 Å². The van der Waals surface area contributed by atoms with Crippen LogP contribution < -0.4 is 15.0 Å². The maximum Gasteiger partial charge on any atom is 0.256 e. The van der Waals surface area contributed by atoms with Crippen molar-refractivity contribution in [2.24, 2.45) is 17.8 Å². The highest BCUT2D eigenvalue weighted by Gasteiger charge is 2.52. The molecule has 7 nitrogen and oxygen atoms in total. The third kappa shape index (κ3) is 5.39. The fourth-order valence-corrected chi connectivity index (χ4v) is 8.09. The normalized spacial score (nSPS) is 29.3. The van der Waals surface area contributed by atoms with Gasteiger partial charge in [-0.2, -0.15) is 0 Å². The summed E-state index contributed by atoms with van der Waals surface area (Å²) in [5.74, 6) is 2.60. The largest absolute Gasteiger partial charge is 0.497 e. The molecule has 4 aliphatic carbocycles. The molecular weight excluding hydrogens is 534 g/mol. The Kier molecular flexibility index (Phi) is 7.29. The first-order valence-corrected chi connectivity index (χ1v) is 14.6. The third-order valence-corrected chi connectivity index (χ3v) is 9.55.